The second kappa shape index (κ2) is 5.85. The molecule has 2 N–H and O–H groups in total. The van der Waals surface area contributed by atoms with Crippen LogP contribution in [0.4, 0.5) is 0 Å². The predicted octanol–water partition coefficient (Wildman–Crippen LogP) is 4.14. The molecule has 0 heterocycles. The molecule has 0 fully saturated rings. The van der Waals surface area contributed by atoms with Crippen LogP contribution in [-0.2, 0) is 11.0 Å². The lowest BCUT2D eigenvalue weighted by Gasteiger charge is -2.15. The molecule has 0 saturated heterocycles. The number of aryl methyl sites for hydroxylation is 1. The summed E-state index contributed by atoms with van der Waals surface area (Å²) in [6, 6.07) is 15.5. The molecule has 0 bridgehead atoms. The lowest BCUT2D eigenvalue weighted by Crippen LogP contribution is -2.12. The molecule has 3 rings (SSSR count). The van der Waals surface area contributed by atoms with Gasteiger partial charge in [0.05, 0.1) is 5.30 Å². The monoisotopic (exact) mass is 314 g/mol. The Morgan fingerprint density at radius 3 is 2.36 bits per heavy atom. The van der Waals surface area contributed by atoms with Crippen molar-refractivity contribution in [2.45, 2.75) is 26.2 Å². The molecule has 0 spiro atoms. The maximum atomic E-state index is 12.1. The van der Waals surface area contributed by atoms with Crippen molar-refractivity contribution < 1.29 is 14.4 Å². The second-order valence-electron chi connectivity index (χ2n) is 5.60. The van der Waals surface area contributed by atoms with Gasteiger partial charge in [-0.2, -0.15) is 0 Å². The maximum Gasteiger partial charge on any atom is 0.357 e. The summed E-state index contributed by atoms with van der Waals surface area (Å²) in [5, 5.41) is 3.87. The van der Waals surface area contributed by atoms with Crippen LogP contribution >= 0.6 is 7.60 Å². The summed E-state index contributed by atoms with van der Waals surface area (Å²) in [4.78, 5) is 19.7. The molecular weight excluding hydrogens is 295 g/mol. The van der Waals surface area contributed by atoms with E-state index in [9.17, 15) is 14.4 Å². The van der Waals surface area contributed by atoms with E-state index >= 15 is 0 Å². The normalized spacial score (nSPS) is 12.1. The Morgan fingerprint density at radius 1 is 0.909 bits per heavy atom. The van der Waals surface area contributed by atoms with Crippen LogP contribution in [-0.4, -0.2) is 9.79 Å². The van der Waals surface area contributed by atoms with E-state index in [2.05, 4.69) is 6.92 Å². The minimum absolute atomic E-state index is 0.198. The summed E-state index contributed by atoms with van der Waals surface area (Å²) < 4.78 is 12.1. The molecule has 0 aliphatic rings. The first-order valence-corrected chi connectivity index (χ1v) is 9.13. The zero-order valence-corrected chi connectivity index (χ0v) is 13.4. The van der Waals surface area contributed by atoms with E-state index < -0.39 is 7.60 Å². The smallest absolute Gasteiger partial charge is 0.321 e. The van der Waals surface area contributed by atoms with Gasteiger partial charge < -0.3 is 9.79 Å². The Hall–Kier alpha value is -1.67. The summed E-state index contributed by atoms with van der Waals surface area (Å²) in [6.45, 7) is 2.08. The number of unbranched alkanes of at least 4 members (excludes halogenated alkanes) is 1. The summed E-state index contributed by atoms with van der Waals surface area (Å²) in [6.07, 6.45) is 2.61. The summed E-state index contributed by atoms with van der Waals surface area (Å²) >= 11 is 0. The molecule has 3 aromatic carbocycles. The van der Waals surface area contributed by atoms with Crippen molar-refractivity contribution in [3.8, 4) is 0 Å². The molecule has 3 nitrogen and oxygen atoms in total. The third-order valence-corrected chi connectivity index (χ3v) is 5.18. The van der Waals surface area contributed by atoms with Gasteiger partial charge in [0.25, 0.3) is 0 Å². The largest absolute Gasteiger partial charge is 0.357 e. The minimum atomic E-state index is -4.32. The predicted molar refractivity (Wildman–Crippen MR) is 91.7 cm³/mol. The van der Waals surface area contributed by atoms with E-state index in [1.54, 1.807) is 0 Å². The van der Waals surface area contributed by atoms with Crippen molar-refractivity contribution in [1.29, 1.82) is 0 Å². The summed E-state index contributed by atoms with van der Waals surface area (Å²) in [5.41, 5.74) is 0.762. The fraction of sp³-hybridized carbons (Fsp3) is 0.222. The molecule has 3 aromatic rings. The Bertz CT molecular complexity index is 880. The number of fused-ring (bicyclic) bond motifs is 3. The van der Waals surface area contributed by atoms with Gasteiger partial charge in [0.2, 0.25) is 0 Å². The van der Waals surface area contributed by atoms with E-state index in [-0.39, 0.29) is 5.30 Å². The van der Waals surface area contributed by atoms with Gasteiger partial charge >= 0.3 is 7.60 Å². The first kappa shape index (κ1) is 15.2. The Kier molecular flexibility index (Phi) is 4.05. The van der Waals surface area contributed by atoms with Crippen LogP contribution in [0.25, 0.3) is 21.5 Å². The molecule has 0 atom stereocenters. The first-order chi connectivity index (χ1) is 10.5. The fourth-order valence-electron chi connectivity index (χ4n) is 3.03. The minimum Gasteiger partial charge on any atom is -0.321 e. The molecule has 0 aliphatic carbocycles. The van der Waals surface area contributed by atoms with Crippen LogP contribution in [0, 0.1) is 0 Å². The van der Waals surface area contributed by atoms with Gasteiger partial charge in [-0.1, -0.05) is 61.9 Å². The van der Waals surface area contributed by atoms with Crippen molar-refractivity contribution in [2.75, 3.05) is 0 Å². The Labute approximate surface area is 129 Å². The molecule has 0 saturated carbocycles. The molecule has 0 aromatic heterocycles. The highest BCUT2D eigenvalue weighted by Gasteiger charge is 2.24. The highest BCUT2D eigenvalue weighted by molar-refractivity contribution is 7.61. The number of benzene rings is 3. The number of rotatable bonds is 4. The van der Waals surface area contributed by atoms with Crippen LogP contribution < -0.4 is 5.30 Å². The lowest BCUT2D eigenvalue weighted by atomic mass is 9.98. The zero-order valence-electron chi connectivity index (χ0n) is 12.5. The lowest BCUT2D eigenvalue weighted by molar-refractivity contribution is 0.387. The molecule has 22 heavy (non-hydrogen) atoms. The molecule has 4 heteroatoms. The van der Waals surface area contributed by atoms with Gasteiger partial charge in [-0.15, -0.1) is 0 Å². The van der Waals surface area contributed by atoms with Gasteiger partial charge in [0.1, 0.15) is 0 Å². The summed E-state index contributed by atoms with van der Waals surface area (Å²) in [7, 11) is -4.32. The average molecular weight is 314 g/mol. The second-order valence-corrected chi connectivity index (χ2v) is 7.14. The van der Waals surface area contributed by atoms with Gasteiger partial charge in [0, 0.05) is 0 Å². The van der Waals surface area contributed by atoms with Crippen LogP contribution in [0.15, 0.2) is 48.5 Å². The molecule has 114 valence electrons. The Morgan fingerprint density at radius 2 is 1.64 bits per heavy atom. The van der Waals surface area contributed by atoms with Crippen LogP contribution in [0.3, 0.4) is 0 Å². The van der Waals surface area contributed by atoms with Crippen molar-refractivity contribution in [3.63, 3.8) is 0 Å². The van der Waals surface area contributed by atoms with E-state index in [1.165, 1.54) is 0 Å². The van der Waals surface area contributed by atoms with E-state index in [4.69, 9.17) is 0 Å². The van der Waals surface area contributed by atoms with Gasteiger partial charge in [-0.05, 0) is 39.9 Å². The number of hydrogen-bond acceptors (Lipinski definition) is 1. The van der Waals surface area contributed by atoms with E-state index in [0.29, 0.717) is 11.8 Å². The van der Waals surface area contributed by atoms with Crippen LogP contribution in [0.2, 0.25) is 0 Å². The molecule has 0 radical (unpaired) electrons. The number of hydrogen-bond donors (Lipinski definition) is 2. The summed E-state index contributed by atoms with van der Waals surface area (Å²) in [5.74, 6) is 0. The molecule has 0 amide bonds. The first-order valence-electron chi connectivity index (χ1n) is 7.52. The standard InChI is InChI=1S/C18H19O3P/c1-2-3-6-14-10-11-16-15-8-5-4-7-13(15)9-12-17(16)18(14)22(19,20)21/h4-5,7-12H,2-3,6H2,1H3,(H2,19,20,21). The van der Waals surface area contributed by atoms with Gasteiger partial charge in [-0.3, -0.25) is 4.57 Å². The SMILES string of the molecule is CCCCc1ccc2c(ccc3ccccc32)c1P(=O)(O)O. The quantitative estimate of drug-likeness (QED) is 0.562. The fourth-order valence-corrected chi connectivity index (χ4v) is 4.10. The van der Waals surface area contributed by atoms with E-state index in [1.807, 2.05) is 48.5 Å². The van der Waals surface area contributed by atoms with Crippen LogP contribution in [0.5, 0.6) is 0 Å². The van der Waals surface area contributed by atoms with Crippen molar-refractivity contribution >= 4 is 34.4 Å². The third-order valence-electron chi connectivity index (χ3n) is 4.07. The third kappa shape index (κ3) is 2.68. The molecular formula is C18H19O3P. The van der Waals surface area contributed by atoms with Crippen LogP contribution in [0.1, 0.15) is 25.3 Å². The molecule has 0 aliphatic heterocycles. The highest BCUT2D eigenvalue weighted by Crippen LogP contribution is 2.40. The zero-order chi connectivity index (χ0) is 15.7. The van der Waals surface area contributed by atoms with Crippen molar-refractivity contribution in [1.82, 2.24) is 0 Å². The van der Waals surface area contributed by atoms with Gasteiger partial charge in [0.15, 0.2) is 0 Å². The average Bonchev–Trinajstić information content (AvgIpc) is 2.50. The van der Waals surface area contributed by atoms with Crippen molar-refractivity contribution in [2.24, 2.45) is 0 Å². The highest BCUT2D eigenvalue weighted by atomic mass is 31.2. The molecule has 0 unspecified atom stereocenters. The Balaban J connectivity index is 2.37. The van der Waals surface area contributed by atoms with Crippen molar-refractivity contribution in [3.05, 3.63) is 54.1 Å². The maximum absolute atomic E-state index is 12.1. The topological polar surface area (TPSA) is 57.5 Å². The van der Waals surface area contributed by atoms with Gasteiger partial charge in [-0.25, -0.2) is 0 Å². The van der Waals surface area contributed by atoms with E-state index in [0.717, 1.165) is 34.6 Å².